The Bertz CT molecular complexity index is 532. The molecule has 0 spiro atoms. The number of carbonyl (C=O) groups is 1. The monoisotopic (exact) mass is 264 g/mol. The van der Waals surface area contributed by atoms with Crippen LogP contribution in [0.3, 0.4) is 0 Å². The molecule has 0 saturated carbocycles. The van der Waals surface area contributed by atoms with Crippen LogP contribution in [0.5, 0.6) is 5.75 Å². The summed E-state index contributed by atoms with van der Waals surface area (Å²) < 4.78 is 24.0. The molecule has 3 nitrogen and oxygen atoms in total. The van der Waals surface area contributed by atoms with E-state index in [-0.39, 0.29) is 18.2 Å². The standard InChI is InChI=1S/C15H17FO3/c1-4-18-14(17)9-11-7-10-8-12(16)5-6-13(10)19-15(11,2)3/h5-8H,4,9H2,1-3H3. The largest absolute Gasteiger partial charge is 0.483 e. The lowest BCUT2D eigenvalue weighted by atomic mass is 9.90. The van der Waals surface area contributed by atoms with Crippen molar-refractivity contribution in [1.82, 2.24) is 0 Å². The minimum Gasteiger partial charge on any atom is -0.483 e. The van der Waals surface area contributed by atoms with Crippen molar-refractivity contribution in [3.63, 3.8) is 0 Å². The van der Waals surface area contributed by atoms with Crippen molar-refractivity contribution >= 4 is 12.0 Å². The second-order valence-electron chi connectivity index (χ2n) is 4.95. The van der Waals surface area contributed by atoms with Gasteiger partial charge in [-0.2, -0.15) is 0 Å². The van der Waals surface area contributed by atoms with E-state index in [9.17, 15) is 9.18 Å². The van der Waals surface area contributed by atoms with Crippen LogP contribution in [0, 0.1) is 5.82 Å². The van der Waals surface area contributed by atoms with Crippen LogP contribution in [0.4, 0.5) is 4.39 Å². The van der Waals surface area contributed by atoms with E-state index in [1.165, 1.54) is 12.1 Å². The number of hydrogen-bond donors (Lipinski definition) is 0. The molecule has 0 bridgehead atoms. The average Bonchev–Trinajstić information content (AvgIpc) is 2.31. The maximum atomic E-state index is 13.2. The van der Waals surface area contributed by atoms with Gasteiger partial charge in [0.05, 0.1) is 13.0 Å². The Labute approximate surface area is 112 Å². The van der Waals surface area contributed by atoms with Gasteiger partial charge in [0, 0.05) is 5.56 Å². The SMILES string of the molecule is CCOC(=O)CC1=Cc2cc(F)ccc2OC1(C)C. The molecule has 1 aromatic rings. The molecule has 0 saturated heterocycles. The molecule has 1 aromatic carbocycles. The van der Waals surface area contributed by atoms with E-state index in [0.717, 1.165) is 5.57 Å². The number of halogens is 1. The molecule has 2 rings (SSSR count). The maximum absolute atomic E-state index is 13.2. The third-order valence-corrected chi connectivity index (χ3v) is 3.08. The van der Waals surface area contributed by atoms with Gasteiger partial charge in [0.15, 0.2) is 0 Å². The Morgan fingerprint density at radius 3 is 2.84 bits per heavy atom. The first-order valence-electron chi connectivity index (χ1n) is 6.27. The summed E-state index contributed by atoms with van der Waals surface area (Å²) in [6.07, 6.45) is 1.95. The van der Waals surface area contributed by atoms with E-state index >= 15 is 0 Å². The van der Waals surface area contributed by atoms with Gasteiger partial charge >= 0.3 is 5.97 Å². The summed E-state index contributed by atoms with van der Waals surface area (Å²) in [6.45, 7) is 5.87. The smallest absolute Gasteiger partial charge is 0.310 e. The number of esters is 1. The first-order valence-corrected chi connectivity index (χ1v) is 6.27. The Hall–Kier alpha value is -1.84. The van der Waals surface area contributed by atoms with Crippen LogP contribution in [0.15, 0.2) is 23.8 Å². The van der Waals surface area contributed by atoms with E-state index in [1.807, 2.05) is 13.8 Å². The van der Waals surface area contributed by atoms with Crippen molar-refractivity contribution in [3.8, 4) is 5.75 Å². The molecule has 0 aromatic heterocycles. The van der Waals surface area contributed by atoms with Gasteiger partial charge in [-0.1, -0.05) is 0 Å². The van der Waals surface area contributed by atoms with Crippen LogP contribution in [-0.2, 0) is 9.53 Å². The van der Waals surface area contributed by atoms with Gasteiger partial charge in [0.2, 0.25) is 0 Å². The molecule has 0 atom stereocenters. The summed E-state index contributed by atoms with van der Waals surface area (Å²) >= 11 is 0. The Morgan fingerprint density at radius 1 is 1.42 bits per heavy atom. The molecular weight excluding hydrogens is 247 g/mol. The van der Waals surface area contributed by atoms with Gasteiger partial charge in [-0.25, -0.2) is 4.39 Å². The molecule has 0 radical (unpaired) electrons. The molecule has 1 aliphatic heterocycles. The molecule has 0 amide bonds. The van der Waals surface area contributed by atoms with Gasteiger partial charge in [-0.05, 0) is 50.6 Å². The zero-order valence-corrected chi connectivity index (χ0v) is 11.3. The molecule has 1 aliphatic rings. The quantitative estimate of drug-likeness (QED) is 0.785. The average molecular weight is 264 g/mol. The van der Waals surface area contributed by atoms with Crippen LogP contribution in [0.25, 0.3) is 6.08 Å². The lowest BCUT2D eigenvalue weighted by Gasteiger charge is -2.33. The third-order valence-electron chi connectivity index (χ3n) is 3.08. The molecule has 19 heavy (non-hydrogen) atoms. The highest BCUT2D eigenvalue weighted by molar-refractivity contribution is 5.77. The first-order chi connectivity index (χ1) is 8.92. The van der Waals surface area contributed by atoms with Gasteiger partial charge in [0.25, 0.3) is 0 Å². The topological polar surface area (TPSA) is 35.5 Å². The lowest BCUT2D eigenvalue weighted by Crippen LogP contribution is -2.34. The van der Waals surface area contributed by atoms with Crippen LogP contribution < -0.4 is 4.74 Å². The summed E-state index contributed by atoms with van der Waals surface area (Å²) in [7, 11) is 0. The van der Waals surface area contributed by atoms with Crippen molar-refractivity contribution in [2.75, 3.05) is 6.61 Å². The van der Waals surface area contributed by atoms with Crippen LogP contribution in [0.2, 0.25) is 0 Å². The molecule has 0 N–H and O–H groups in total. The summed E-state index contributed by atoms with van der Waals surface area (Å²) in [6, 6.07) is 4.36. The normalized spacial score (nSPS) is 16.1. The zero-order chi connectivity index (χ0) is 14.0. The van der Waals surface area contributed by atoms with Crippen LogP contribution >= 0.6 is 0 Å². The van der Waals surface area contributed by atoms with Crippen molar-refractivity contribution in [3.05, 3.63) is 35.2 Å². The van der Waals surface area contributed by atoms with E-state index in [1.54, 1.807) is 19.1 Å². The Kier molecular flexibility index (Phi) is 3.60. The summed E-state index contributed by atoms with van der Waals surface area (Å²) in [5.74, 6) is -0.00178. The predicted molar refractivity (Wildman–Crippen MR) is 70.3 cm³/mol. The van der Waals surface area contributed by atoms with Gasteiger partial charge < -0.3 is 9.47 Å². The summed E-state index contributed by atoms with van der Waals surface area (Å²) in [4.78, 5) is 11.6. The number of ether oxygens (including phenoxy) is 2. The van der Waals surface area contributed by atoms with Crippen molar-refractivity contribution in [1.29, 1.82) is 0 Å². The minimum absolute atomic E-state index is 0.150. The number of carbonyl (C=O) groups excluding carboxylic acids is 1. The number of fused-ring (bicyclic) bond motifs is 1. The fourth-order valence-electron chi connectivity index (χ4n) is 2.06. The molecule has 0 fully saturated rings. The third kappa shape index (κ3) is 2.95. The Balaban J connectivity index is 2.32. The maximum Gasteiger partial charge on any atom is 0.310 e. The van der Waals surface area contributed by atoms with Crippen molar-refractivity contribution < 1.29 is 18.7 Å². The molecule has 102 valence electrons. The van der Waals surface area contributed by atoms with Crippen LogP contribution in [-0.4, -0.2) is 18.2 Å². The van der Waals surface area contributed by atoms with E-state index < -0.39 is 5.60 Å². The lowest BCUT2D eigenvalue weighted by molar-refractivity contribution is -0.142. The van der Waals surface area contributed by atoms with Gasteiger partial charge in [-0.15, -0.1) is 0 Å². The van der Waals surface area contributed by atoms with E-state index in [0.29, 0.717) is 17.9 Å². The van der Waals surface area contributed by atoms with Gasteiger partial charge in [0.1, 0.15) is 17.2 Å². The van der Waals surface area contributed by atoms with Gasteiger partial charge in [-0.3, -0.25) is 4.79 Å². The molecule has 4 heteroatoms. The fourth-order valence-corrected chi connectivity index (χ4v) is 2.06. The van der Waals surface area contributed by atoms with E-state index in [2.05, 4.69) is 0 Å². The number of benzene rings is 1. The first kappa shape index (κ1) is 13.6. The second-order valence-corrected chi connectivity index (χ2v) is 4.95. The molecule has 0 unspecified atom stereocenters. The number of hydrogen-bond acceptors (Lipinski definition) is 3. The summed E-state index contributed by atoms with van der Waals surface area (Å²) in [5, 5.41) is 0. The highest BCUT2D eigenvalue weighted by Crippen LogP contribution is 2.37. The van der Waals surface area contributed by atoms with E-state index in [4.69, 9.17) is 9.47 Å². The van der Waals surface area contributed by atoms with Crippen molar-refractivity contribution in [2.24, 2.45) is 0 Å². The highest BCUT2D eigenvalue weighted by Gasteiger charge is 2.31. The van der Waals surface area contributed by atoms with Crippen molar-refractivity contribution in [2.45, 2.75) is 32.8 Å². The number of rotatable bonds is 3. The molecule has 0 aliphatic carbocycles. The molecular formula is C15H17FO3. The molecule has 1 heterocycles. The second kappa shape index (κ2) is 5.03. The highest BCUT2D eigenvalue weighted by atomic mass is 19.1. The van der Waals surface area contributed by atoms with Crippen LogP contribution in [0.1, 0.15) is 32.8 Å². The fraction of sp³-hybridized carbons (Fsp3) is 0.400. The minimum atomic E-state index is -0.600. The summed E-state index contributed by atoms with van der Waals surface area (Å²) in [5.41, 5.74) is 0.833. The Morgan fingerprint density at radius 2 is 2.16 bits per heavy atom. The predicted octanol–water partition coefficient (Wildman–Crippen LogP) is 3.33. The zero-order valence-electron chi connectivity index (χ0n) is 11.3.